The van der Waals surface area contributed by atoms with Gasteiger partial charge < -0.3 is 15.2 Å². The molecule has 0 bridgehead atoms. The van der Waals surface area contributed by atoms with Crippen molar-refractivity contribution >= 4 is 44.7 Å². The van der Waals surface area contributed by atoms with E-state index in [1.54, 1.807) is 19.2 Å². The van der Waals surface area contributed by atoms with Crippen LogP contribution in [0.1, 0.15) is 0 Å². The van der Waals surface area contributed by atoms with Crippen molar-refractivity contribution in [3.05, 3.63) is 51.3 Å². The number of nitrogens with two attached hydrogens (primary N) is 1. The SMILES string of the molecule is COc1cc(OC)c(-n2nnc(-c3nc(-c4ccc(Br)cc4)cs3)c2N)cc1Cl. The summed E-state index contributed by atoms with van der Waals surface area (Å²) in [6.07, 6.45) is 0. The number of nitrogen functional groups attached to an aromatic ring is 1. The first-order valence-electron chi connectivity index (χ1n) is 8.36. The number of ether oxygens (including phenoxy) is 2. The fourth-order valence-corrected chi connectivity index (χ4v) is 4.08. The van der Waals surface area contributed by atoms with E-state index >= 15 is 0 Å². The molecule has 0 aliphatic rings. The first-order chi connectivity index (χ1) is 14.0. The molecular weight excluding hydrogens is 478 g/mol. The molecule has 2 heterocycles. The topological polar surface area (TPSA) is 88.1 Å². The van der Waals surface area contributed by atoms with Crippen molar-refractivity contribution in [1.82, 2.24) is 20.0 Å². The number of benzene rings is 2. The molecular formula is C19H15BrClN5O2S. The van der Waals surface area contributed by atoms with Gasteiger partial charge in [-0.05, 0) is 18.2 Å². The van der Waals surface area contributed by atoms with Gasteiger partial charge in [0, 0.05) is 21.5 Å². The van der Waals surface area contributed by atoms with Crippen molar-refractivity contribution < 1.29 is 9.47 Å². The highest BCUT2D eigenvalue weighted by Crippen LogP contribution is 2.37. The maximum atomic E-state index is 6.35. The van der Waals surface area contributed by atoms with Crippen LogP contribution in [0.5, 0.6) is 11.5 Å². The fourth-order valence-electron chi connectivity index (χ4n) is 2.76. The third-order valence-electron chi connectivity index (χ3n) is 4.23. The van der Waals surface area contributed by atoms with Crippen LogP contribution >= 0.6 is 38.9 Å². The Hall–Kier alpha value is -2.62. The molecule has 4 rings (SSSR count). The molecule has 0 atom stereocenters. The summed E-state index contributed by atoms with van der Waals surface area (Å²) in [5, 5.41) is 11.5. The maximum absolute atomic E-state index is 6.35. The van der Waals surface area contributed by atoms with Gasteiger partial charge in [-0.3, -0.25) is 0 Å². The lowest BCUT2D eigenvalue weighted by molar-refractivity contribution is 0.392. The standard InChI is InChI=1S/C19H15BrClN5O2S/c1-27-15-8-16(28-2)14(7-12(15)21)26-18(22)17(24-25-26)19-23-13(9-29-19)10-3-5-11(20)6-4-10/h3-9H,22H2,1-2H3. The van der Waals surface area contributed by atoms with Crippen molar-refractivity contribution in [3.63, 3.8) is 0 Å². The number of hydrogen-bond donors (Lipinski definition) is 1. The Kier molecular flexibility index (Phi) is 5.44. The Bertz CT molecular complexity index is 1180. The number of nitrogens with zero attached hydrogens (tertiary/aromatic N) is 4. The summed E-state index contributed by atoms with van der Waals surface area (Å²) in [5.41, 5.74) is 9.24. The van der Waals surface area contributed by atoms with Gasteiger partial charge in [-0.25, -0.2) is 4.98 Å². The minimum absolute atomic E-state index is 0.334. The predicted octanol–water partition coefficient (Wildman–Crippen LogP) is 5.07. The quantitative estimate of drug-likeness (QED) is 0.418. The molecule has 0 saturated heterocycles. The molecule has 2 N–H and O–H groups in total. The minimum Gasteiger partial charge on any atom is -0.495 e. The van der Waals surface area contributed by atoms with Crippen LogP contribution in [0.3, 0.4) is 0 Å². The van der Waals surface area contributed by atoms with E-state index in [4.69, 9.17) is 26.8 Å². The zero-order chi connectivity index (χ0) is 20.5. The van der Waals surface area contributed by atoms with Crippen molar-refractivity contribution in [2.45, 2.75) is 0 Å². The summed E-state index contributed by atoms with van der Waals surface area (Å²) in [6, 6.07) is 11.3. The number of methoxy groups -OCH3 is 2. The van der Waals surface area contributed by atoms with Crippen LogP contribution in [-0.4, -0.2) is 34.2 Å². The summed E-state index contributed by atoms with van der Waals surface area (Å²) in [6.45, 7) is 0. The van der Waals surface area contributed by atoms with E-state index in [1.165, 1.54) is 23.1 Å². The molecule has 0 amide bonds. The van der Waals surface area contributed by atoms with Crippen LogP contribution in [-0.2, 0) is 0 Å². The van der Waals surface area contributed by atoms with Gasteiger partial charge in [0.15, 0.2) is 11.5 Å². The minimum atomic E-state index is 0.334. The molecule has 29 heavy (non-hydrogen) atoms. The van der Waals surface area contributed by atoms with Gasteiger partial charge in [0.05, 0.1) is 24.9 Å². The number of anilines is 1. The Morgan fingerprint density at radius 2 is 1.83 bits per heavy atom. The summed E-state index contributed by atoms with van der Waals surface area (Å²) in [7, 11) is 3.08. The van der Waals surface area contributed by atoms with Gasteiger partial charge in [-0.1, -0.05) is 44.9 Å². The number of rotatable bonds is 5. The highest BCUT2D eigenvalue weighted by atomic mass is 79.9. The molecule has 0 spiro atoms. The average molecular weight is 493 g/mol. The molecule has 0 aliphatic heterocycles. The zero-order valence-electron chi connectivity index (χ0n) is 15.4. The summed E-state index contributed by atoms with van der Waals surface area (Å²) < 4.78 is 13.2. The molecule has 0 saturated carbocycles. The Labute approximate surface area is 184 Å². The van der Waals surface area contributed by atoms with Gasteiger partial charge in [-0.2, -0.15) is 4.68 Å². The molecule has 2 aromatic carbocycles. The second-order valence-electron chi connectivity index (χ2n) is 5.94. The number of halogens is 2. The van der Waals surface area contributed by atoms with E-state index in [-0.39, 0.29) is 0 Å². The fraction of sp³-hybridized carbons (Fsp3) is 0.105. The second-order valence-corrected chi connectivity index (χ2v) is 8.12. The molecule has 0 unspecified atom stereocenters. The number of aromatic nitrogens is 4. The van der Waals surface area contributed by atoms with Crippen LogP contribution in [0, 0.1) is 0 Å². The third kappa shape index (κ3) is 3.68. The predicted molar refractivity (Wildman–Crippen MR) is 118 cm³/mol. The monoisotopic (exact) mass is 491 g/mol. The molecule has 0 fully saturated rings. The lowest BCUT2D eigenvalue weighted by atomic mass is 10.2. The van der Waals surface area contributed by atoms with Crippen LogP contribution in [0.25, 0.3) is 27.6 Å². The van der Waals surface area contributed by atoms with Gasteiger partial charge in [0.2, 0.25) is 0 Å². The van der Waals surface area contributed by atoms with Gasteiger partial charge in [0.25, 0.3) is 0 Å². The van der Waals surface area contributed by atoms with Gasteiger partial charge in [0.1, 0.15) is 22.2 Å². The smallest absolute Gasteiger partial charge is 0.165 e. The van der Waals surface area contributed by atoms with Gasteiger partial charge >= 0.3 is 0 Å². The Morgan fingerprint density at radius 3 is 2.52 bits per heavy atom. The van der Waals surface area contributed by atoms with E-state index in [2.05, 4.69) is 31.2 Å². The summed E-state index contributed by atoms with van der Waals surface area (Å²) in [4.78, 5) is 4.67. The van der Waals surface area contributed by atoms with Crippen LogP contribution in [0.15, 0.2) is 46.3 Å². The first kappa shape index (κ1) is 19.7. The van der Waals surface area contributed by atoms with Crippen LogP contribution in [0.2, 0.25) is 5.02 Å². The highest BCUT2D eigenvalue weighted by Gasteiger charge is 2.20. The van der Waals surface area contributed by atoms with Crippen molar-refractivity contribution in [2.24, 2.45) is 0 Å². The van der Waals surface area contributed by atoms with Crippen molar-refractivity contribution in [1.29, 1.82) is 0 Å². The van der Waals surface area contributed by atoms with Crippen LogP contribution < -0.4 is 15.2 Å². The van der Waals surface area contributed by atoms with E-state index in [0.717, 1.165) is 15.7 Å². The molecule has 0 aliphatic carbocycles. The highest BCUT2D eigenvalue weighted by molar-refractivity contribution is 9.10. The molecule has 148 valence electrons. The zero-order valence-corrected chi connectivity index (χ0v) is 18.5. The van der Waals surface area contributed by atoms with Crippen LogP contribution in [0.4, 0.5) is 5.82 Å². The second kappa shape index (κ2) is 8.02. The van der Waals surface area contributed by atoms with Crippen molar-refractivity contribution in [2.75, 3.05) is 20.0 Å². The Balaban J connectivity index is 1.73. The third-order valence-corrected chi connectivity index (χ3v) is 5.91. The van der Waals surface area contributed by atoms with E-state index in [9.17, 15) is 0 Å². The molecule has 10 heteroatoms. The first-order valence-corrected chi connectivity index (χ1v) is 10.4. The lowest BCUT2D eigenvalue weighted by Crippen LogP contribution is -2.05. The molecule has 7 nitrogen and oxygen atoms in total. The maximum Gasteiger partial charge on any atom is 0.165 e. The Morgan fingerprint density at radius 1 is 1.10 bits per heavy atom. The molecule has 4 aromatic rings. The van der Waals surface area contributed by atoms with Gasteiger partial charge in [-0.15, -0.1) is 16.4 Å². The van der Waals surface area contributed by atoms with Crippen molar-refractivity contribution in [3.8, 4) is 39.1 Å². The summed E-state index contributed by atoms with van der Waals surface area (Å²) >= 11 is 11.2. The molecule has 2 aromatic heterocycles. The lowest BCUT2D eigenvalue weighted by Gasteiger charge is -2.12. The largest absolute Gasteiger partial charge is 0.495 e. The summed E-state index contributed by atoms with van der Waals surface area (Å²) in [5.74, 6) is 1.33. The van der Waals surface area contributed by atoms with E-state index < -0.39 is 0 Å². The van der Waals surface area contributed by atoms with E-state index in [0.29, 0.717) is 38.7 Å². The average Bonchev–Trinajstić information content (AvgIpc) is 3.35. The molecule has 0 radical (unpaired) electrons. The number of thiazole rings is 1. The normalized spacial score (nSPS) is 10.9. The number of hydrogen-bond acceptors (Lipinski definition) is 7. The van der Waals surface area contributed by atoms with E-state index in [1.807, 2.05) is 29.6 Å².